The second kappa shape index (κ2) is 7.48. The van der Waals surface area contributed by atoms with E-state index >= 15 is 0 Å². The number of nitrogens with one attached hydrogen (secondary N) is 2. The van der Waals surface area contributed by atoms with Crippen LogP contribution in [0.4, 0.5) is 36.3 Å². The maximum atomic E-state index is 12.6. The Labute approximate surface area is 153 Å². The summed E-state index contributed by atoms with van der Waals surface area (Å²) in [5.74, 6) is 1.19. The molecule has 0 amide bonds. The van der Waals surface area contributed by atoms with Crippen molar-refractivity contribution in [1.82, 2.24) is 15.2 Å². The molecule has 1 aromatic heterocycles. The third-order valence-electron chi connectivity index (χ3n) is 3.64. The van der Waals surface area contributed by atoms with Crippen molar-refractivity contribution in [2.75, 3.05) is 17.7 Å². The molecule has 0 bridgehead atoms. The van der Waals surface area contributed by atoms with E-state index in [4.69, 9.17) is 4.74 Å². The van der Waals surface area contributed by atoms with Crippen LogP contribution in [0.15, 0.2) is 48.7 Å². The highest BCUT2D eigenvalue weighted by atomic mass is 19.4. The predicted molar refractivity (Wildman–Crippen MR) is 95.6 cm³/mol. The van der Waals surface area contributed by atoms with Crippen molar-refractivity contribution in [3.8, 4) is 5.75 Å². The first kappa shape index (κ1) is 18.4. The quantitative estimate of drug-likeness (QED) is 0.674. The van der Waals surface area contributed by atoms with Gasteiger partial charge in [0.05, 0.1) is 24.6 Å². The SMILES string of the molecule is COc1ccc(C)cc1Nc1cnnc(Nc2ccc(C(F)(F)F)cc2)n1. The van der Waals surface area contributed by atoms with E-state index in [0.717, 1.165) is 17.7 Å². The van der Waals surface area contributed by atoms with Crippen molar-refractivity contribution in [2.24, 2.45) is 0 Å². The highest BCUT2D eigenvalue weighted by molar-refractivity contribution is 5.65. The van der Waals surface area contributed by atoms with E-state index in [1.807, 2.05) is 25.1 Å². The number of aromatic nitrogens is 3. The zero-order valence-corrected chi connectivity index (χ0v) is 14.5. The summed E-state index contributed by atoms with van der Waals surface area (Å²) in [5, 5.41) is 13.6. The van der Waals surface area contributed by atoms with Gasteiger partial charge in [0.1, 0.15) is 5.75 Å². The molecule has 140 valence electrons. The molecule has 0 aliphatic heterocycles. The minimum atomic E-state index is -4.38. The molecule has 0 saturated heterocycles. The average molecular weight is 375 g/mol. The summed E-state index contributed by atoms with van der Waals surface area (Å²) in [6, 6.07) is 10.2. The molecule has 0 saturated carbocycles. The molecule has 2 N–H and O–H groups in total. The molecule has 3 aromatic rings. The molecule has 9 heteroatoms. The first-order chi connectivity index (χ1) is 12.8. The first-order valence-corrected chi connectivity index (χ1v) is 7.91. The van der Waals surface area contributed by atoms with E-state index in [1.165, 1.54) is 18.3 Å². The van der Waals surface area contributed by atoms with Gasteiger partial charge in [0.25, 0.3) is 0 Å². The fourth-order valence-electron chi connectivity index (χ4n) is 2.35. The summed E-state index contributed by atoms with van der Waals surface area (Å²) in [5.41, 5.74) is 1.42. The average Bonchev–Trinajstić information content (AvgIpc) is 2.62. The number of hydrogen-bond acceptors (Lipinski definition) is 6. The highest BCUT2D eigenvalue weighted by Crippen LogP contribution is 2.30. The van der Waals surface area contributed by atoms with E-state index in [0.29, 0.717) is 22.9 Å². The molecule has 0 atom stereocenters. The number of anilines is 4. The lowest BCUT2D eigenvalue weighted by Gasteiger charge is -2.12. The van der Waals surface area contributed by atoms with Gasteiger partial charge >= 0.3 is 6.18 Å². The second-order valence-corrected chi connectivity index (χ2v) is 5.69. The monoisotopic (exact) mass is 375 g/mol. The lowest BCUT2D eigenvalue weighted by Crippen LogP contribution is -2.05. The summed E-state index contributed by atoms with van der Waals surface area (Å²) in [4.78, 5) is 4.27. The number of rotatable bonds is 5. The van der Waals surface area contributed by atoms with Crippen LogP contribution >= 0.6 is 0 Å². The Bertz CT molecular complexity index is 929. The molecule has 0 aliphatic rings. The molecule has 0 fully saturated rings. The van der Waals surface area contributed by atoms with Crippen LogP contribution in [-0.4, -0.2) is 22.3 Å². The van der Waals surface area contributed by atoms with Gasteiger partial charge in [-0.05, 0) is 48.9 Å². The van der Waals surface area contributed by atoms with Crippen molar-refractivity contribution >= 4 is 23.1 Å². The van der Waals surface area contributed by atoms with Crippen LogP contribution in [0.5, 0.6) is 5.75 Å². The molecule has 1 heterocycles. The molecule has 6 nitrogen and oxygen atoms in total. The topological polar surface area (TPSA) is 72.0 Å². The fourth-order valence-corrected chi connectivity index (χ4v) is 2.35. The Morgan fingerprint density at radius 3 is 2.41 bits per heavy atom. The van der Waals surface area contributed by atoms with Crippen molar-refractivity contribution in [3.63, 3.8) is 0 Å². The van der Waals surface area contributed by atoms with Crippen molar-refractivity contribution in [1.29, 1.82) is 0 Å². The number of hydrogen-bond donors (Lipinski definition) is 2. The molecule has 0 unspecified atom stereocenters. The van der Waals surface area contributed by atoms with Crippen LogP contribution in [0, 0.1) is 6.92 Å². The number of ether oxygens (including phenoxy) is 1. The number of nitrogens with zero attached hydrogens (tertiary/aromatic N) is 3. The van der Waals surface area contributed by atoms with Gasteiger partial charge in [-0.15, -0.1) is 5.10 Å². The Kier molecular flexibility index (Phi) is 5.11. The number of halogens is 3. The van der Waals surface area contributed by atoms with Gasteiger partial charge in [0, 0.05) is 5.69 Å². The fraction of sp³-hybridized carbons (Fsp3) is 0.167. The number of aryl methyl sites for hydroxylation is 1. The van der Waals surface area contributed by atoms with Gasteiger partial charge in [-0.3, -0.25) is 0 Å². The smallest absolute Gasteiger partial charge is 0.416 e. The highest BCUT2D eigenvalue weighted by Gasteiger charge is 2.29. The van der Waals surface area contributed by atoms with Crippen LogP contribution < -0.4 is 15.4 Å². The summed E-state index contributed by atoms with van der Waals surface area (Å²) in [6.07, 6.45) is -2.95. The molecule has 0 aliphatic carbocycles. The normalized spacial score (nSPS) is 11.1. The summed E-state index contributed by atoms with van der Waals surface area (Å²) < 4.78 is 43.2. The molecule has 0 spiro atoms. The standard InChI is InChI=1S/C18H16F3N5O/c1-11-3-8-15(27-2)14(9-11)24-16-10-22-26-17(25-16)23-13-6-4-12(5-7-13)18(19,20)21/h3-10H,1-2H3,(H2,23,24,25,26). The lowest BCUT2D eigenvalue weighted by molar-refractivity contribution is -0.137. The van der Waals surface area contributed by atoms with Crippen LogP contribution in [0.2, 0.25) is 0 Å². The third-order valence-corrected chi connectivity index (χ3v) is 3.64. The van der Waals surface area contributed by atoms with Crippen molar-refractivity contribution in [3.05, 3.63) is 59.8 Å². The van der Waals surface area contributed by atoms with Crippen LogP contribution in [-0.2, 0) is 6.18 Å². The molecular weight excluding hydrogens is 359 g/mol. The zero-order valence-electron chi connectivity index (χ0n) is 14.5. The molecule has 0 radical (unpaired) electrons. The predicted octanol–water partition coefficient (Wildman–Crippen LogP) is 4.69. The molecule has 27 heavy (non-hydrogen) atoms. The van der Waals surface area contributed by atoms with Crippen LogP contribution in [0.1, 0.15) is 11.1 Å². The van der Waals surface area contributed by atoms with Gasteiger partial charge < -0.3 is 15.4 Å². The summed E-state index contributed by atoms with van der Waals surface area (Å²) >= 11 is 0. The van der Waals surface area contributed by atoms with E-state index in [2.05, 4.69) is 25.8 Å². The van der Waals surface area contributed by atoms with E-state index in [9.17, 15) is 13.2 Å². The number of alkyl halides is 3. The lowest BCUT2D eigenvalue weighted by atomic mass is 10.2. The van der Waals surface area contributed by atoms with Gasteiger partial charge in [0.15, 0.2) is 5.82 Å². The van der Waals surface area contributed by atoms with Gasteiger partial charge in [-0.25, -0.2) is 0 Å². The number of benzene rings is 2. The van der Waals surface area contributed by atoms with Crippen molar-refractivity contribution < 1.29 is 17.9 Å². The van der Waals surface area contributed by atoms with E-state index in [1.54, 1.807) is 7.11 Å². The Morgan fingerprint density at radius 1 is 1.00 bits per heavy atom. The minimum Gasteiger partial charge on any atom is -0.495 e. The summed E-state index contributed by atoms with van der Waals surface area (Å²) in [6.45, 7) is 1.94. The van der Waals surface area contributed by atoms with E-state index in [-0.39, 0.29) is 5.95 Å². The molecule has 2 aromatic carbocycles. The minimum absolute atomic E-state index is 0.145. The van der Waals surface area contributed by atoms with Crippen LogP contribution in [0.25, 0.3) is 0 Å². The second-order valence-electron chi connectivity index (χ2n) is 5.69. The Hall–Kier alpha value is -3.36. The maximum absolute atomic E-state index is 12.6. The largest absolute Gasteiger partial charge is 0.495 e. The maximum Gasteiger partial charge on any atom is 0.416 e. The molecular formula is C18H16F3N5O. The Morgan fingerprint density at radius 2 is 1.74 bits per heavy atom. The van der Waals surface area contributed by atoms with Gasteiger partial charge in [-0.2, -0.15) is 23.3 Å². The third kappa shape index (κ3) is 4.63. The van der Waals surface area contributed by atoms with E-state index < -0.39 is 11.7 Å². The van der Waals surface area contributed by atoms with Gasteiger partial charge in [-0.1, -0.05) is 6.07 Å². The first-order valence-electron chi connectivity index (χ1n) is 7.91. The van der Waals surface area contributed by atoms with Gasteiger partial charge in [0.2, 0.25) is 5.95 Å². The Balaban J connectivity index is 1.77. The molecule has 3 rings (SSSR count). The summed E-state index contributed by atoms with van der Waals surface area (Å²) in [7, 11) is 1.56. The number of methoxy groups -OCH3 is 1. The van der Waals surface area contributed by atoms with Crippen molar-refractivity contribution in [2.45, 2.75) is 13.1 Å². The van der Waals surface area contributed by atoms with Crippen LogP contribution in [0.3, 0.4) is 0 Å². The zero-order chi connectivity index (χ0) is 19.4.